The van der Waals surface area contributed by atoms with E-state index in [2.05, 4.69) is 10.3 Å². The number of urea groups is 1. The van der Waals surface area contributed by atoms with Crippen LogP contribution in [0.3, 0.4) is 0 Å². The summed E-state index contributed by atoms with van der Waals surface area (Å²) in [5.74, 6) is 0.140. The predicted molar refractivity (Wildman–Crippen MR) is 106 cm³/mol. The van der Waals surface area contributed by atoms with Crippen LogP contribution in [0.1, 0.15) is 25.8 Å². The van der Waals surface area contributed by atoms with Crippen molar-refractivity contribution in [3.63, 3.8) is 0 Å². The molecule has 8 heteroatoms. The lowest BCUT2D eigenvalue weighted by Crippen LogP contribution is -2.49. The largest absolute Gasteiger partial charge is 0.369 e. The van der Waals surface area contributed by atoms with E-state index in [0.717, 1.165) is 5.56 Å². The Balaban J connectivity index is 1.83. The molecule has 0 unspecified atom stereocenters. The number of aliphatic imine (C=N–C) groups is 1. The van der Waals surface area contributed by atoms with Crippen LogP contribution < -0.4 is 11.1 Å². The van der Waals surface area contributed by atoms with Gasteiger partial charge in [-0.3, -0.25) is 14.6 Å². The lowest BCUT2D eigenvalue weighted by atomic mass is 9.87. The quantitative estimate of drug-likeness (QED) is 0.781. The Morgan fingerprint density at radius 2 is 2.22 bits per heavy atom. The van der Waals surface area contributed by atoms with Crippen molar-refractivity contribution >= 4 is 35.2 Å². The number of rotatable bonds is 3. The van der Waals surface area contributed by atoms with Gasteiger partial charge in [-0.25, -0.2) is 9.79 Å². The molecule has 1 aromatic rings. The van der Waals surface area contributed by atoms with Gasteiger partial charge < -0.3 is 11.1 Å². The lowest BCUT2D eigenvalue weighted by Gasteiger charge is -2.35. The van der Waals surface area contributed by atoms with Crippen molar-refractivity contribution in [1.29, 1.82) is 0 Å². The van der Waals surface area contributed by atoms with Gasteiger partial charge in [0.25, 0.3) is 0 Å². The summed E-state index contributed by atoms with van der Waals surface area (Å²) in [5.41, 5.74) is 6.59. The summed E-state index contributed by atoms with van der Waals surface area (Å²) in [4.78, 5) is 32.3. The van der Waals surface area contributed by atoms with E-state index in [-0.39, 0.29) is 24.3 Å². The number of amides is 3. The van der Waals surface area contributed by atoms with Crippen LogP contribution in [0.15, 0.2) is 52.6 Å². The Bertz CT molecular complexity index is 863. The molecule has 0 fully saturated rings. The summed E-state index contributed by atoms with van der Waals surface area (Å²) in [6.07, 6.45) is 5.51. The highest BCUT2D eigenvalue weighted by Crippen LogP contribution is 2.34. The minimum atomic E-state index is -0.779. The van der Waals surface area contributed by atoms with E-state index in [1.54, 1.807) is 24.3 Å². The number of guanidine groups is 1. The van der Waals surface area contributed by atoms with Gasteiger partial charge in [0, 0.05) is 18.8 Å². The van der Waals surface area contributed by atoms with Gasteiger partial charge in [-0.05, 0) is 37.6 Å². The number of benzene rings is 1. The molecule has 0 spiro atoms. The molecule has 2 aliphatic heterocycles. The first-order chi connectivity index (χ1) is 12.8. The molecular formula is C19H22ClN5O2. The Morgan fingerprint density at radius 1 is 1.44 bits per heavy atom. The number of halogens is 1. The first-order valence-electron chi connectivity index (χ1n) is 8.71. The van der Waals surface area contributed by atoms with Crippen LogP contribution >= 0.6 is 11.6 Å². The Labute approximate surface area is 163 Å². The maximum absolute atomic E-state index is 12.5. The fraction of sp³-hybridized carbons (Fsp3) is 0.316. The number of carbonyl (C=O) groups is 2. The van der Waals surface area contributed by atoms with Crippen molar-refractivity contribution in [2.45, 2.75) is 25.8 Å². The molecule has 0 saturated carbocycles. The monoisotopic (exact) mass is 387 g/mol. The van der Waals surface area contributed by atoms with E-state index in [4.69, 9.17) is 17.3 Å². The van der Waals surface area contributed by atoms with Crippen LogP contribution in [0.4, 0.5) is 10.5 Å². The van der Waals surface area contributed by atoms with Gasteiger partial charge in [-0.1, -0.05) is 35.9 Å². The van der Waals surface area contributed by atoms with E-state index < -0.39 is 5.54 Å². The molecule has 3 rings (SSSR count). The third kappa shape index (κ3) is 3.83. The number of allylic oxidation sites excluding steroid dienone is 2. The van der Waals surface area contributed by atoms with Crippen LogP contribution in [-0.2, 0) is 10.3 Å². The van der Waals surface area contributed by atoms with Crippen molar-refractivity contribution in [1.82, 2.24) is 9.80 Å². The Morgan fingerprint density at radius 3 is 2.89 bits per heavy atom. The SMILES string of the molecule is CCN1C(=O)C[C@@](C)(c2cccc(NC(=O)N3CC=CC=C3Cl)c2)N=C1N. The molecule has 0 aromatic heterocycles. The molecular weight excluding hydrogens is 366 g/mol. The molecule has 0 bridgehead atoms. The van der Waals surface area contributed by atoms with Crippen molar-refractivity contribution in [2.75, 3.05) is 18.4 Å². The van der Waals surface area contributed by atoms with Crippen LogP contribution in [0.5, 0.6) is 0 Å². The second-order valence-corrected chi connectivity index (χ2v) is 6.98. The second-order valence-electron chi connectivity index (χ2n) is 6.60. The third-order valence-electron chi connectivity index (χ3n) is 4.65. The molecule has 2 aliphatic rings. The van der Waals surface area contributed by atoms with Gasteiger partial charge in [0.2, 0.25) is 5.91 Å². The molecule has 1 atom stereocenters. The molecule has 142 valence electrons. The minimum absolute atomic E-state index is 0.0704. The van der Waals surface area contributed by atoms with Crippen LogP contribution in [-0.4, -0.2) is 40.8 Å². The van der Waals surface area contributed by atoms with E-state index in [1.165, 1.54) is 9.80 Å². The number of anilines is 1. The summed E-state index contributed by atoms with van der Waals surface area (Å²) >= 11 is 6.08. The number of hydrogen-bond donors (Lipinski definition) is 2. The normalized spacial score (nSPS) is 22.4. The molecule has 7 nitrogen and oxygen atoms in total. The minimum Gasteiger partial charge on any atom is -0.369 e. The molecule has 1 aromatic carbocycles. The summed E-state index contributed by atoms with van der Waals surface area (Å²) in [7, 11) is 0. The van der Waals surface area contributed by atoms with Gasteiger partial charge in [0.05, 0.1) is 12.0 Å². The zero-order valence-electron chi connectivity index (χ0n) is 15.3. The zero-order valence-corrected chi connectivity index (χ0v) is 16.0. The third-order valence-corrected chi connectivity index (χ3v) is 4.98. The average Bonchev–Trinajstić information content (AvgIpc) is 2.62. The number of carbonyl (C=O) groups excluding carboxylic acids is 2. The highest BCUT2D eigenvalue weighted by molar-refractivity contribution is 6.30. The van der Waals surface area contributed by atoms with Gasteiger partial charge in [0.15, 0.2) is 5.96 Å². The second kappa shape index (κ2) is 7.44. The number of nitrogens with two attached hydrogens (primary N) is 1. The van der Waals surface area contributed by atoms with Crippen molar-refractivity contribution in [2.24, 2.45) is 10.7 Å². The van der Waals surface area contributed by atoms with Crippen molar-refractivity contribution in [3.05, 3.63) is 53.2 Å². The number of hydrogen-bond acceptors (Lipinski definition) is 4. The Kier molecular flexibility index (Phi) is 5.23. The smallest absolute Gasteiger partial charge is 0.327 e. The zero-order chi connectivity index (χ0) is 19.6. The van der Waals surface area contributed by atoms with Crippen molar-refractivity contribution in [3.8, 4) is 0 Å². The molecule has 0 saturated heterocycles. The summed E-state index contributed by atoms with van der Waals surface area (Å²) in [6.45, 7) is 4.61. The van der Waals surface area contributed by atoms with Crippen LogP contribution in [0.25, 0.3) is 0 Å². The van der Waals surface area contributed by atoms with Gasteiger partial charge in [-0.2, -0.15) is 0 Å². The summed E-state index contributed by atoms with van der Waals surface area (Å²) < 4.78 is 0. The maximum Gasteiger partial charge on any atom is 0.327 e. The first-order valence-corrected chi connectivity index (χ1v) is 9.09. The number of nitrogens with one attached hydrogen (secondary N) is 1. The van der Waals surface area contributed by atoms with Gasteiger partial charge in [0.1, 0.15) is 5.16 Å². The molecule has 3 amide bonds. The standard InChI is InChI=1S/C19H22ClN5O2/c1-3-24-16(26)12-19(2,23-17(24)21)13-7-6-8-14(11-13)22-18(27)25-10-5-4-9-15(25)20/h4-9,11H,3,10,12H2,1-2H3,(H2,21,23)(H,22,27)/t19-/m0/s1. The van der Waals surface area contributed by atoms with E-state index in [1.807, 2.05) is 32.1 Å². The predicted octanol–water partition coefficient (Wildman–Crippen LogP) is 2.95. The molecule has 3 N–H and O–H groups in total. The molecule has 2 heterocycles. The Hall–Kier alpha value is -2.80. The average molecular weight is 388 g/mol. The van der Waals surface area contributed by atoms with Crippen molar-refractivity contribution < 1.29 is 9.59 Å². The molecule has 27 heavy (non-hydrogen) atoms. The molecule has 0 aliphatic carbocycles. The fourth-order valence-corrected chi connectivity index (χ4v) is 3.39. The van der Waals surface area contributed by atoms with Gasteiger partial charge in [-0.15, -0.1) is 0 Å². The van der Waals surface area contributed by atoms with E-state index in [0.29, 0.717) is 23.9 Å². The summed E-state index contributed by atoms with van der Waals surface area (Å²) in [5, 5.41) is 3.19. The highest BCUT2D eigenvalue weighted by atomic mass is 35.5. The van der Waals surface area contributed by atoms with E-state index in [9.17, 15) is 9.59 Å². The van der Waals surface area contributed by atoms with E-state index >= 15 is 0 Å². The van der Waals surface area contributed by atoms with Crippen LogP contribution in [0, 0.1) is 0 Å². The van der Waals surface area contributed by atoms with Crippen LogP contribution in [0.2, 0.25) is 0 Å². The maximum atomic E-state index is 12.5. The summed E-state index contributed by atoms with van der Waals surface area (Å²) in [6, 6.07) is 6.94. The lowest BCUT2D eigenvalue weighted by molar-refractivity contribution is -0.129. The van der Waals surface area contributed by atoms with Gasteiger partial charge >= 0.3 is 6.03 Å². The first kappa shape index (κ1) is 19.0. The number of nitrogens with zero attached hydrogens (tertiary/aromatic N) is 3. The topological polar surface area (TPSA) is 91.0 Å². The highest BCUT2D eigenvalue weighted by Gasteiger charge is 2.37. The molecule has 0 radical (unpaired) electrons. The fourth-order valence-electron chi connectivity index (χ4n) is 3.17.